The number of carbonyl (C=O) groups excluding carboxylic acids is 3. The van der Waals surface area contributed by atoms with Crippen molar-refractivity contribution < 1.29 is 50.2 Å². The molecule has 0 radical (unpaired) electrons. The molecule has 1 aromatic rings. The van der Waals surface area contributed by atoms with E-state index < -0.39 is 52.9 Å². The lowest BCUT2D eigenvalue weighted by molar-refractivity contribution is -0.144. The van der Waals surface area contributed by atoms with E-state index in [-0.39, 0.29) is 24.6 Å². The molecule has 0 aromatic heterocycles. The van der Waals surface area contributed by atoms with Crippen molar-refractivity contribution in [1.82, 2.24) is 5.32 Å². The minimum atomic E-state index is -5.14. The number of rotatable bonds is 6. The van der Waals surface area contributed by atoms with Crippen molar-refractivity contribution in [3.8, 4) is 0 Å². The molecule has 160 valence electrons. The number of alkyl halides is 6. The van der Waals surface area contributed by atoms with Gasteiger partial charge in [-0.3, -0.25) is 4.79 Å². The van der Waals surface area contributed by atoms with Gasteiger partial charge in [-0.2, -0.15) is 26.3 Å². The molecule has 29 heavy (non-hydrogen) atoms. The van der Waals surface area contributed by atoms with Crippen LogP contribution >= 0.6 is 0 Å². The maximum Gasteiger partial charge on any atom is 0.416 e. The number of esters is 2. The van der Waals surface area contributed by atoms with Crippen LogP contribution in [0.4, 0.5) is 26.3 Å². The summed E-state index contributed by atoms with van der Waals surface area (Å²) in [6, 6.07) is -1.16. The van der Waals surface area contributed by atoms with Crippen molar-refractivity contribution in [1.29, 1.82) is 0 Å². The molecule has 12 heteroatoms. The van der Waals surface area contributed by atoms with Gasteiger partial charge < -0.3 is 14.8 Å². The van der Waals surface area contributed by atoms with E-state index in [9.17, 15) is 40.7 Å². The summed E-state index contributed by atoms with van der Waals surface area (Å²) in [5.74, 6) is -3.19. The van der Waals surface area contributed by atoms with Crippen LogP contribution in [0.3, 0.4) is 0 Å². The molecule has 0 saturated heterocycles. The third kappa shape index (κ3) is 7.12. The smallest absolute Gasteiger partial charge is 0.416 e. The molecule has 1 amide bonds. The van der Waals surface area contributed by atoms with E-state index in [2.05, 4.69) is 9.47 Å². The summed E-state index contributed by atoms with van der Waals surface area (Å²) in [4.78, 5) is 35.0. The third-order valence-electron chi connectivity index (χ3n) is 3.47. The fraction of sp³-hybridized carbons (Fsp3) is 0.353. The van der Waals surface area contributed by atoms with Gasteiger partial charge in [-0.25, -0.2) is 9.59 Å². The molecule has 1 rings (SSSR count). The van der Waals surface area contributed by atoms with Crippen molar-refractivity contribution in [2.24, 2.45) is 0 Å². The van der Waals surface area contributed by atoms with Crippen LogP contribution in [-0.2, 0) is 31.4 Å². The minimum Gasteiger partial charge on any atom is -0.467 e. The zero-order chi connectivity index (χ0) is 22.4. The van der Waals surface area contributed by atoms with Crippen molar-refractivity contribution in [3.63, 3.8) is 0 Å². The summed E-state index contributed by atoms with van der Waals surface area (Å²) < 4.78 is 86.1. The van der Waals surface area contributed by atoms with Crippen molar-refractivity contribution in [3.05, 3.63) is 47.0 Å². The van der Waals surface area contributed by atoms with E-state index in [1.165, 1.54) is 0 Å². The standard InChI is InChI=1S/C17H15F6NO5/c1-28-13(25)5-3-4-12(15(27)29-2)24-14(26)9-6-10(16(18,19)20)8-11(7-9)17(21,22)23/h3,5-8,12H,4H2,1-2H3,(H,24,26)/b5-3+/t12-/m0/s1. The average molecular weight is 427 g/mol. The van der Waals surface area contributed by atoms with Crippen LogP contribution < -0.4 is 5.32 Å². The van der Waals surface area contributed by atoms with Crippen LogP contribution in [0.25, 0.3) is 0 Å². The highest BCUT2D eigenvalue weighted by Gasteiger charge is 2.37. The molecule has 6 nitrogen and oxygen atoms in total. The van der Waals surface area contributed by atoms with Gasteiger partial charge in [0.15, 0.2) is 0 Å². The first-order chi connectivity index (χ1) is 13.3. The fourth-order valence-electron chi connectivity index (χ4n) is 2.05. The number of hydrogen-bond donors (Lipinski definition) is 1. The summed E-state index contributed by atoms with van der Waals surface area (Å²) >= 11 is 0. The number of nitrogens with one attached hydrogen (secondary N) is 1. The van der Waals surface area contributed by atoms with Gasteiger partial charge >= 0.3 is 24.3 Å². The van der Waals surface area contributed by atoms with Crippen molar-refractivity contribution in [2.45, 2.75) is 24.8 Å². The molecule has 0 bridgehead atoms. The summed E-state index contributed by atoms with van der Waals surface area (Å²) in [5.41, 5.74) is -4.33. The molecular formula is C17H15F6NO5. The highest BCUT2D eigenvalue weighted by molar-refractivity contribution is 5.97. The molecule has 0 spiro atoms. The van der Waals surface area contributed by atoms with Gasteiger partial charge in [0.1, 0.15) is 6.04 Å². The zero-order valence-corrected chi connectivity index (χ0v) is 15.0. The van der Waals surface area contributed by atoms with Gasteiger partial charge in [0, 0.05) is 11.6 Å². The predicted octanol–water partition coefficient (Wildman–Crippen LogP) is 3.11. The molecule has 1 atom stereocenters. The van der Waals surface area contributed by atoms with Crippen molar-refractivity contribution >= 4 is 17.8 Å². The van der Waals surface area contributed by atoms with E-state index in [0.717, 1.165) is 26.4 Å². The Hall–Kier alpha value is -3.05. The number of methoxy groups -OCH3 is 2. The Bertz CT molecular complexity index is 768. The summed E-state index contributed by atoms with van der Waals surface area (Å²) in [6.07, 6.45) is -8.59. The molecular weight excluding hydrogens is 412 g/mol. The molecule has 0 aliphatic carbocycles. The Morgan fingerprint density at radius 1 is 0.966 bits per heavy atom. The van der Waals surface area contributed by atoms with E-state index in [1.807, 2.05) is 5.32 Å². The maximum absolute atomic E-state index is 12.9. The number of benzene rings is 1. The summed E-state index contributed by atoms with van der Waals surface area (Å²) in [6.45, 7) is 0. The second-order valence-electron chi connectivity index (χ2n) is 5.50. The van der Waals surface area contributed by atoms with E-state index in [1.54, 1.807) is 0 Å². The Labute approximate surface area is 160 Å². The highest BCUT2D eigenvalue weighted by Crippen LogP contribution is 2.36. The number of carbonyl (C=O) groups is 3. The molecule has 0 saturated carbocycles. The normalized spacial score (nSPS) is 13.1. The lowest BCUT2D eigenvalue weighted by Gasteiger charge is -2.17. The van der Waals surface area contributed by atoms with Crippen LogP contribution in [0.1, 0.15) is 27.9 Å². The Morgan fingerprint density at radius 2 is 1.48 bits per heavy atom. The Balaban J connectivity index is 3.20. The topological polar surface area (TPSA) is 81.7 Å². The van der Waals surface area contributed by atoms with Crippen LogP contribution in [-0.4, -0.2) is 38.1 Å². The molecule has 1 aromatic carbocycles. The number of hydrogen-bond acceptors (Lipinski definition) is 5. The molecule has 0 aliphatic heterocycles. The SMILES string of the molecule is COC(=O)/C=C/C[C@H](NC(=O)c1cc(C(F)(F)F)cc(C(F)(F)F)c1)C(=O)OC. The Kier molecular flexibility index (Phi) is 7.80. The third-order valence-corrected chi connectivity index (χ3v) is 3.47. The lowest BCUT2D eigenvalue weighted by atomic mass is 10.0. The highest BCUT2D eigenvalue weighted by atomic mass is 19.4. The van der Waals surface area contributed by atoms with E-state index in [0.29, 0.717) is 0 Å². The average Bonchev–Trinajstić information content (AvgIpc) is 2.64. The molecule has 0 aliphatic rings. The van der Waals surface area contributed by atoms with Crippen LogP contribution in [0, 0.1) is 0 Å². The molecule has 1 N–H and O–H groups in total. The van der Waals surface area contributed by atoms with Gasteiger partial charge in [-0.15, -0.1) is 0 Å². The van der Waals surface area contributed by atoms with Gasteiger partial charge in [0.2, 0.25) is 0 Å². The second-order valence-corrected chi connectivity index (χ2v) is 5.50. The van der Waals surface area contributed by atoms with E-state index in [4.69, 9.17) is 0 Å². The van der Waals surface area contributed by atoms with Crippen LogP contribution in [0.5, 0.6) is 0 Å². The summed E-state index contributed by atoms with van der Waals surface area (Å²) in [7, 11) is 2.04. The van der Waals surface area contributed by atoms with Crippen molar-refractivity contribution in [2.75, 3.05) is 14.2 Å². The van der Waals surface area contributed by atoms with Crippen LogP contribution in [0.15, 0.2) is 30.4 Å². The molecule has 0 fully saturated rings. The fourth-order valence-corrected chi connectivity index (χ4v) is 2.05. The van der Waals surface area contributed by atoms with E-state index >= 15 is 0 Å². The van der Waals surface area contributed by atoms with Gasteiger partial charge in [-0.1, -0.05) is 6.08 Å². The van der Waals surface area contributed by atoms with Crippen LogP contribution in [0.2, 0.25) is 0 Å². The number of halogens is 6. The summed E-state index contributed by atoms with van der Waals surface area (Å²) in [5, 5.41) is 1.98. The van der Waals surface area contributed by atoms with Gasteiger partial charge in [0.25, 0.3) is 5.91 Å². The number of ether oxygens (including phenoxy) is 2. The first-order valence-corrected chi connectivity index (χ1v) is 7.72. The van der Waals surface area contributed by atoms with Gasteiger partial charge in [0.05, 0.1) is 25.3 Å². The molecule has 0 heterocycles. The maximum atomic E-state index is 12.9. The largest absolute Gasteiger partial charge is 0.467 e. The minimum absolute atomic E-state index is 0.131. The Morgan fingerprint density at radius 3 is 1.90 bits per heavy atom. The predicted molar refractivity (Wildman–Crippen MR) is 85.5 cm³/mol. The van der Waals surface area contributed by atoms with Gasteiger partial charge in [-0.05, 0) is 24.6 Å². The zero-order valence-electron chi connectivity index (χ0n) is 15.0. The second kappa shape index (κ2) is 9.43. The number of amides is 1. The monoisotopic (exact) mass is 427 g/mol. The first kappa shape index (κ1) is 24.0. The lowest BCUT2D eigenvalue weighted by Crippen LogP contribution is -2.41. The first-order valence-electron chi connectivity index (χ1n) is 7.72. The molecule has 0 unspecified atom stereocenters. The quantitative estimate of drug-likeness (QED) is 0.429.